The third-order valence-corrected chi connectivity index (χ3v) is 5.63. The predicted molar refractivity (Wildman–Crippen MR) is 117 cm³/mol. The van der Waals surface area contributed by atoms with Gasteiger partial charge in [0.05, 0.1) is 6.61 Å². The molecular formula is C24H31N4NaO2. The predicted octanol–water partition coefficient (Wildman–Crippen LogP) is 1.73. The van der Waals surface area contributed by atoms with E-state index in [0.717, 1.165) is 60.2 Å². The molecule has 0 aliphatic heterocycles. The first-order valence-electron chi connectivity index (χ1n) is 10.7. The largest absolute Gasteiger partial charge is 1.00 e. The molecule has 7 heteroatoms. The van der Waals surface area contributed by atoms with Crippen molar-refractivity contribution in [3.05, 3.63) is 53.3 Å². The molecule has 0 radical (unpaired) electrons. The van der Waals surface area contributed by atoms with E-state index in [1.54, 1.807) is 6.07 Å². The molecule has 1 N–H and O–H groups in total. The average Bonchev–Trinajstić information content (AvgIpc) is 3.27. The number of H-pyrrole nitrogens is 1. The molecule has 2 aromatic carbocycles. The minimum absolute atomic E-state index is 0. The van der Waals surface area contributed by atoms with E-state index >= 15 is 0 Å². The van der Waals surface area contributed by atoms with E-state index in [2.05, 4.69) is 41.4 Å². The smallest absolute Gasteiger partial charge is 0.872 e. The van der Waals surface area contributed by atoms with Crippen LogP contribution in [0.25, 0.3) is 11.1 Å². The molecule has 0 aliphatic rings. The first-order chi connectivity index (χ1) is 14.4. The normalized spacial score (nSPS) is 11.2. The Labute approximate surface area is 207 Å². The van der Waals surface area contributed by atoms with Crippen molar-refractivity contribution in [2.45, 2.75) is 65.2 Å². The van der Waals surface area contributed by atoms with Crippen molar-refractivity contribution >= 4 is 0 Å². The van der Waals surface area contributed by atoms with Gasteiger partial charge in [-0.15, -0.1) is 10.2 Å². The molecule has 1 heterocycles. The number of aromatic nitrogens is 4. The molecule has 160 valence electrons. The van der Waals surface area contributed by atoms with Gasteiger partial charge in [0, 0.05) is 5.41 Å². The molecule has 6 nitrogen and oxygen atoms in total. The van der Waals surface area contributed by atoms with Crippen LogP contribution in [-0.2, 0) is 11.8 Å². The minimum Gasteiger partial charge on any atom is -0.872 e. The fourth-order valence-electron chi connectivity index (χ4n) is 3.69. The zero-order chi connectivity index (χ0) is 21.6. The maximum Gasteiger partial charge on any atom is 1.00 e. The van der Waals surface area contributed by atoms with Crippen LogP contribution in [-0.4, -0.2) is 27.2 Å². The van der Waals surface area contributed by atoms with E-state index < -0.39 is 0 Å². The molecule has 0 saturated carbocycles. The molecule has 3 aromatic rings. The number of benzene rings is 2. The number of tetrazole rings is 1. The van der Waals surface area contributed by atoms with E-state index in [1.165, 1.54) is 0 Å². The van der Waals surface area contributed by atoms with Gasteiger partial charge in [-0.2, -0.15) is 5.21 Å². The Morgan fingerprint density at radius 1 is 1.06 bits per heavy atom. The zero-order valence-electron chi connectivity index (χ0n) is 19.4. The Hall–Kier alpha value is -1.89. The van der Waals surface area contributed by atoms with Gasteiger partial charge in [-0.25, -0.2) is 0 Å². The van der Waals surface area contributed by atoms with Crippen molar-refractivity contribution in [1.29, 1.82) is 0 Å². The number of hydrogen-bond acceptors (Lipinski definition) is 5. The van der Waals surface area contributed by atoms with Gasteiger partial charge in [0.2, 0.25) is 0 Å². The van der Waals surface area contributed by atoms with Gasteiger partial charge in [0.25, 0.3) is 0 Å². The maximum absolute atomic E-state index is 12.7. The Bertz CT molecular complexity index is 958. The maximum atomic E-state index is 12.7. The number of aromatic amines is 1. The summed E-state index contributed by atoms with van der Waals surface area (Å²) < 4.78 is 5.99. The van der Waals surface area contributed by atoms with Crippen LogP contribution in [0.2, 0.25) is 0 Å². The monoisotopic (exact) mass is 430 g/mol. The third kappa shape index (κ3) is 6.55. The van der Waals surface area contributed by atoms with Gasteiger partial charge < -0.3 is 9.84 Å². The number of aryl methyl sites for hydroxylation is 2. The molecule has 0 fully saturated rings. The standard InChI is InChI=1S/C24H32N4O2.Na/c1-5-18-15-20(19-12-8-7-11-17(19)2)21(29)16-22(18)30-14-10-6-9-13-24(3,4)23-25-27-28-26-23;/h7-8,11-12,15-16,29H,5-6,9-10,13-14H2,1-4H3,(H,25,26,27,28);/q;+1/p-1. The molecular weight excluding hydrogens is 399 g/mol. The van der Waals surface area contributed by atoms with Crippen LogP contribution in [0.3, 0.4) is 0 Å². The Morgan fingerprint density at radius 2 is 1.84 bits per heavy atom. The molecule has 3 rings (SSSR count). The molecule has 0 unspecified atom stereocenters. The van der Waals surface area contributed by atoms with Gasteiger partial charge in [-0.1, -0.05) is 68.8 Å². The van der Waals surface area contributed by atoms with Crippen molar-refractivity contribution in [1.82, 2.24) is 20.6 Å². The number of ether oxygens (including phenoxy) is 1. The summed E-state index contributed by atoms with van der Waals surface area (Å²) >= 11 is 0. The first kappa shape index (κ1) is 25.4. The summed E-state index contributed by atoms with van der Waals surface area (Å²) in [6.45, 7) is 9.00. The van der Waals surface area contributed by atoms with Crippen molar-refractivity contribution < 1.29 is 39.4 Å². The number of nitrogens with one attached hydrogen (secondary N) is 1. The first-order valence-corrected chi connectivity index (χ1v) is 10.7. The van der Waals surface area contributed by atoms with E-state index in [-0.39, 0.29) is 40.7 Å². The molecule has 0 spiro atoms. The van der Waals surface area contributed by atoms with E-state index in [0.29, 0.717) is 12.4 Å². The number of rotatable bonds is 10. The van der Waals surface area contributed by atoms with Crippen LogP contribution < -0.4 is 39.4 Å². The summed E-state index contributed by atoms with van der Waals surface area (Å²) in [6, 6.07) is 11.6. The Kier molecular flexibility index (Phi) is 9.54. The van der Waals surface area contributed by atoms with Gasteiger partial charge in [0.1, 0.15) is 5.75 Å². The molecule has 0 bridgehead atoms. The molecule has 0 aliphatic carbocycles. The number of hydrogen-bond donors (Lipinski definition) is 1. The van der Waals surface area contributed by atoms with Gasteiger partial charge in [0.15, 0.2) is 5.82 Å². The summed E-state index contributed by atoms with van der Waals surface area (Å²) in [5, 5.41) is 27.1. The Morgan fingerprint density at radius 3 is 2.52 bits per heavy atom. The van der Waals surface area contributed by atoms with E-state index in [4.69, 9.17) is 4.74 Å². The fraction of sp³-hybridized carbons (Fsp3) is 0.458. The van der Waals surface area contributed by atoms with Crippen LogP contribution >= 0.6 is 0 Å². The molecule has 31 heavy (non-hydrogen) atoms. The second kappa shape index (κ2) is 11.7. The molecule has 0 atom stereocenters. The van der Waals surface area contributed by atoms with Gasteiger partial charge in [-0.05, 0) is 60.6 Å². The topological polar surface area (TPSA) is 86.8 Å². The number of unbranched alkanes of at least 4 members (excludes halogenated alkanes) is 2. The molecule has 0 saturated heterocycles. The fourth-order valence-corrected chi connectivity index (χ4v) is 3.69. The zero-order valence-corrected chi connectivity index (χ0v) is 21.4. The van der Waals surface area contributed by atoms with E-state index in [9.17, 15) is 5.11 Å². The summed E-state index contributed by atoms with van der Waals surface area (Å²) in [4.78, 5) is 0. The van der Waals surface area contributed by atoms with Gasteiger partial charge in [-0.3, -0.25) is 0 Å². The molecule has 0 amide bonds. The number of nitrogens with zero attached hydrogens (tertiary/aromatic N) is 3. The van der Waals surface area contributed by atoms with Crippen LogP contribution in [0.5, 0.6) is 11.5 Å². The van der Waals surface area contributed by atoms with Crippen LogP contribution in [0.4, 0.5) is 0 Å². The SMILES string of the molecule is CCc1cc(-c2ccccc2C)c([O-])cc1OCCCCCC(C)(C)c1nn[nH]n1.[Na+]. The molecule has 1 aromatic heterocycles. The van der Waals surface area contributed by atoms with Crippen molar-refractivity contribution in [3.63, 3.8) is 0 Å². The average molecular weight is 431 g/mol. The second-order valence-electron chi connectivity index (χ2n) is 8.40. The quantitative estimate of drug-likeness (QED) is 0.391. The van der Waals surface area contributed by atoms with Crippen molar-refractivity contribution in [3.8, 4) is 22.6 Å². The van der Waals surface area contributed by atoms with Gasteiger partial charge >= 0.3 is 29.6 Å². The summed E-state index contributed by atoms with van der Waals surface area (Å²) in [5.74, 6) is 1.48. The minimum atomic E-state index is -0.0912. The second-order valence-corrected chi connectivity index (χ2v) is 8.40. The van der Waals surface area contributed by atoms with Crippen LogP contribution in [0, 0.1) is 6.92 Å². The summed E-state index contributed by atoms with van der Waals surface area (Å²) in [7, 11) is 0. The summed E-state index contributed by atoms with van der Waals surface area (Å²) in [6.07, 6.45) is 4.87. The van der Waals surface area contributed by atoms with E-state index in [1.807, 2.05) is 37.3 Å². The Balaban J connectivity index is 0.00000341. The summed E-state index contributed by atoms with van der Waals surface area (Å²) in [5.41, 5.74) is 3.83. The van der Waals surface area contributed by atoms with Crippen LogP contribution in [0.15, 0.2) is 36.4 Å². The third-order valence-electron chi connectivity index (χ3n) is 5.63. The van der Waals surface area contributed by atoms with Crippen LogP contribution in [0.1, 0.15) is 63.4 Å². The van der Waals surface area contributed by atoms with Crippen molar-refractivity contribution in [2.75, 3.05) is 6.61 Å². The van der Waals surface area contributed by atoms with Crippen molar-refractivity contribution in [2.24, 2.45) is 0 Å².